The third-order valence-corrected chi connectivity index (χ3v) is 6.42. The van der Waals surface area contributed by atoms with Crippen LogP contribution in [-0.2, 0) is 38.7 Å². The van der Waals surface area contributed by atoms with Crippen molar-refractivity contribution in [2.75, 3.05) is 50.5 Å². The first-order valence-electron chi connectivity index (χ1n) is 9.84. The lowest BCUT2D eigenvalue weighted by molar-refractivity contribution is -0.157. The summed E-state index contributed by atoms with van der Waals surface area (Å²) < 4.78 is 50.7. The van der Waals surface area contributed by atoms with Gasteiger partial charge in [0.1, 0.15) is 13.4 Å². The number of rotatable bonds is 17. The standard InChI is InChI=1S/C19H36O9S2/c1-6-18(2,3)16(20)28-10-9-25-15-26-11-12-29-14-19(4,5)17(21)27-8-7-13-30(22,23)24/h6-15H2,1-5H3,(H,22,23,24). The van der Waals surface area contributed by atoms with E-state index in [2.05, 4.69) is 0 Å². The van der Waals surface area contributed by atoms with Crippen molar-refractivity contribution in [3.8, 4) is 0 Å². The predicted molar refractivity (Wildman–Crippen MR) is 115 cm³/mol. The fourth-order valence-electron chi connectivity index (χ4n) is 1.82. The minimum Gasteiger partial charge on any atom is -0.465 e. The van der Waals surface area contributed by atoms with E-state index in [0.717, 1.165) is 0 Å². The lowest BCUT2D eigenvalue weighted by Crippen LogP contribution is -2.30. The van der Waals surface area contributed by atoms with E-state index in [1.165, 1.54) is 11.8 Å². The highest BCUT2D eigenvalue weighted by Crippen LogP contribution is 2.24. The van der Waals surface area contributed by atoms with Gasteiger partial charge in [0, 0.05) is 11.5 Å². The van der Waals surface area contributed by atoms with Crippen LogP contribution < -0.4 is 0 Å². The zero-order valence-electron chi connectivity index (χ0n) is 18.6. The van der Waals surface area contributed by atoms with Crippen molar-refractivity contribution < 1.29 is 41.5 Å². The van der Waals surface area contributed by atoms with Crippen molar-refractivity contribution in [3.63, 3.8) is 0 Å². The maximum absolute atomic E-state index is 12.1. The number of hydrogen-bond acceptors (Lipinski definition) is 9. The molecule has 0 aliphatic rings. The highest BCUT2D eigenvalue weighted by Gasteiger charge is 2.29. The number of carbonyl (C=O) groups excluding carboxylic acids is 2. The molecular formula is C19H36O9S2. The van der Waals surface area contributed by atoms with E-state index in [0.29, 0.717) is 24.5 Å². The molecule has 0 rings (SSSR count). The lowest BCUT2D eigenvalue weighted by Gasteiger charge is -2.22. The smallest absolute Gasteiger partial charge is 0.312 e. The summed E-state index contributed by atoms with van der Waals surface area (Å²) in [7, 11) is -4.04. The van der Waals surface area contributed by atoms with Crippen LogP contribution in [0.3, 0.4) is 0 Å². The van der Waals surface area contributed by atoms with Crippen LogP contribution in [-0.4, -0.2) is 75.4 Å². The van der Waals surface area contributed by atoms with Crippen LogP contribution in [0.5, 0.6) is 0 Å². The molecule has 0 spiro atoms. The van der Waals surface area contributed by atoms with Gasteiger partial charge in [-0.1, -0.05) is 6.92 Å². The molecule has 0 aliphatic carbocycles. The number of esters is 2. The molecule has 0 unspecified atom stereocenters. The molecule has 0 saturated carbocycles. The van der Waals surface area contributed by atoms with Crippen LogP contribution >= 0.6 is 11.8 Å². The monoisotopic (exact) mass is 472 g/mol. The van der Waals surface area contributed by atoms with Crippen molar-refractivity contribution >= 4 is 33.8 Å². The van der Waals surface area contributed by atoms with E-state index in [1.54, 1.807) is 13.8 Å². The highest BCUT2D eigenvalue weighted by molar-refractivity contribution is 7.99. The Morgan fingerprint density at radius 3 is 2.07 bits per heavy atom. The molecule has 0 atom stereocenters. The summed E-state index contributed by atoms with van der Waals surface area (Å²) >= 11 is 1.52. The summed E-state index contributed by atoms with van der Waals surface area (Å²) in [6, 6.07) is 0. The van der Waals surface area contributed by atoms with E-state index in [-0.39, 0.29) is 39.0 Å². The van der Waals surface area contributed by atoms with Gasteiger partial charge in [0.15, 0.2) is 0 Å². The zero-order valence-corrected chi connectivity index (χ0v) is 20.2. The summed E-state index contributed by atoms with van der Waals surface area (Å²) in [5.41, 5.74) is -1.22. The van der Waals surface area contributed by atoms with Crippen molar-refractivity contribution in [3.05, 3.63) is 0 Å². The Labute approximate surface area is 184 Å². The van der Waals surface area contributed by atoms with E-state index >= 15 is 0 Å². The summed E-state index contributed by atoms with van der Waals surface area (Å²) in [5.74, 6) is 0.0643. The fraction of sp³-hybridized carbons (Fsp3) is 0.895. The second-order valence-corrected chi connectivity index (χ2v) is 10.7. The second-order valence-electron chi connectivity index (χ2n) is 8.02. The van der Waals surface area contributed by atoms with Gasteiger partial charge in [0.05, 0.1) is 36.4 Å². The third kappa shape index (κ3) is 14.2. The SMILES string of the molecule is CCC(C)(C)C(=O)OCCOCOCCSCC(C)(C)C(=O)OCCCS(=O)(=O)O. The third-order valence-electron chi connectivity index (χ3n) is 4.23. The van der Waals surface area contributed by atoms with Crippen LogP contribution in [0, 0.1) is 10.8 Å². The maximum Gasteiger partial charge on any atom is 0.312 e. The Hall–Kier alpha value is -0.880. The molecule has 0 saturated heterocycles. The van der Waals surface area contributed by atoms with Gasteiger partial charge in [-0.3, -0.25) is 14.1 Å². The molecule has 11 heteroatoms. The van der Waals surface area contributed by atoms with Gasteiger partial charge in [0.2, 0.25) is 0 Å². The molecule has 30 heavy (non-hydrogen) atoms. The molecule has 0 fully saturated rings. The van der Waals surface area contributed by atoms with Crippen molar-refractivity contribution in [1.82, 2.24) is 0 Å². The van der Waals surface area contributed by atoms with Crippen molar-refractivity contribution in [2.24, 2.45) is 10.8 Å². The highest BCUT2D eigenvalue weighted by atomic mass is 32.2. The molecule has 178 valence electrons. The molecule has 0 radical (unpaired) electrons. The van der Waals surface area contributed by atoms with E-state index in [4.69, 9.17) is 23.5 Å². The molecule has 1 N–H and O–H groups in total. The minimum atomic E-state index is -4.04. The van der Waals surface area contributed by atoms with Crippen LogP contribution in [0.1, 0.15) is 47.5 Å². The Bertz CT molecular complexity index is 615. The number of thioether (sulfide) groups is 1. The summed E-state index contributed by atoms with van der Waals surface area (Å²) in [5, 5.41) is 0. The molecule has 0 amide bonds. The van der Waals surface area contributed by atoms with Gasteiger partial charge in [0.25, 0.3) is 10.1 Å². The Balaban J connectivity index is 3.72. The molecule has 0 heterocycles. The van der Waals surface area contributed by atoms with Crippen LogP contribution in [0.15, 0.2) is 0 Å². The number of carbonyl (C=O) groups is 2. The van der Waals surface area contributed by atoms with Gasteiger partial charge in [-0.15, -0.1) is 0 Å². The van der Waals surface area contributed by atoms with Crippen LogP contribution in [0.4, 0.5) is 0 Å². The van der Waals surface area contributed by atoms with Gasteiger partial charge in [-0.25, -0.2) is 0 Å². The summed E-state index contributed by atoms with van der Waals surface area (Å²) in [4.78, 5) is 23.8. The van der Waals surface area contributed by atoms with Crippen LogP contribution in [0.25, 0.3) is 0 Å². The molecule has 0 aromatic heterocycles. The predicted octanol–water partition coefficient (Wildman–Crippen LogP) is 2.54. The fourth-order valence-corrected chi connectivity index (χ4v) is 3.31. The normalized spacial score (nSPS) is 12.6. The number of ether oxygens (including phenoxy) is 4. The van der Waals surface area contributed by atoms with Gasteiger partial charge >= 0.3 is 11.9 Å². The van der Waals surface area contributed by atoms with E-state index < -0.39 is 32.7 Å². The Kier molecular flexibility index (Phi) is 13.8. The summed E-state index contributed by atoms with van der Waals surface area (Å²) in [6.07, 6.45) is 0.757. The molecule has 0 aliphatic heterocycles. The van der Waals surface area contributed by atoms with Crippen LogP contribution in [0.2, 0.25) is 0 Å². The number of hydrogen-bond donors (Lipinski definition) is 1. The summed E-state index contributed by atoms with van der Waals surface area (Å²) in [6.45, 7) is 10.0. The molecule has 0 bridgehead atoms. The minimum absolute atomic E-state index is 0.0528. The Morgan fingerprint density at radius 1 is 0.900 bits per heavy atom. The molecular weight excluding hydrogens is 436 g/mol. The van der Waals surface area contributed by atoms with Crippen molar-refractivity contribution in [2.45, 2.75) is 47.5 Å². The maximum atomic E-state index is 12.1. The first-order valence-corrected chi connectivity index (χ1v) is 12.6. The lowest BCUT2D eigenvalue weighted by atomic mass is 9.91. The van der Waals surface area contributed by atoms with Gasteiger partial charge < -0.3 is 18.9 Å². The Morgan fingerprint density at radius 2 is 1.47 bits per heavy atom. The second kappa shape index (κ2) is 14.2. The first-order chi connectivity index (χ1) is 13.8. The largest absolute Gasteiger partial charge is 0.465 e. The topological polar surface area (TPSA) is 125 Å². The molecule has 0 aromatic carbocycles. The van der Waals surface area contributed by atoms with E-state index in [9.17, 15) is 18.0 Å². The average molecular weight is 473 g/mol. The van der Waals surface area contributed by atoms with E-state index in [1.807, 2.05) is 20.8 Å². The first kappa shape index (κ1) is 29.1. The van der Waals surface area contributed by atoms with Gasteiger partial charge in [-0.05, 0) is 40.5 Å². The zero-order chi connectivity index (χ0) is 23.3. The quantitative estimate of drug-likeness (QED) is 0.146. The average Bonchev–Trinajstić information content (AvgIpc) is 2.65. The molecule has 9 nitrogen and oxygen atoms in total. The van der Waals surface area contributed by atoms with Gasteiger partial charge in [-0.2, -0.15) is 20.2 Å². The van der Waals surface area contributed by atoms with Crippen molar-refractivity contribution in [1.29, 1.82) is 0 Å². The molecule has 0 aromatic rings.